The molecule has 0 aromatic heterocycles. The summed E-state index contributed by atoms with van der Waals surface area (Å²) in [4.78, 5) is 24.9. The first-order valence-corrected chi connectivity index (χ1v) is 9.20. The maximum Gasteiger partial charge on any atom is 0.338 e. The maximum absolute atomic E-state index is 12.8. The lowest BCUT2D eigenvalue weighted by atomic mass is 9.95. The van der Waals surface area contributed by atoms with Crippen LogP contribution in [0.2, 0.25) is 0 Å². The molecule has 3 rings (SSSR count). The van der Waals surface area contributed by atoms with Crippen LogP contribution in [0.1, 0.15) is 37.9 Å². The quantitative estimate of drug-likeness (QED) is 0.747. The number of urea groups is 1. The minimum Gasteiger partial charge on any atom is -0.491 e. The van der Waals surface area contributed by atoms with Gasteiger partial charge in [0.15, 0.2) is 0 Å². The van der Waals surface area contributed by atoms with Gasteiger partial charge < -0.3 is 20.1 Å². The SMILES string of the molecule is CC1=C(C(=O)OCc2ccccc2)C(c2cccc(OC(C)C)c2)NC(=O)N1. The Morgan fingerprint density at radius 1 is 1.11 bits per heavy atom. The Labute approximate surface area is 164 Å². The molecule has 146 valence electrons. The lowest BCUT2D eigenvalue weighted by Gasteiger charge is -2.28. The van der Waals surface area contributed by atoms with Crippen LogP contribution in [0.5, 0.6) is 5.75 Å². The molecular weight excluding hydrogens is 356 g/mol. The van der Waals surface area contributed by atoms with Crippen molar-refractivity contribution in [1.82, 2.24) is 10.6 Å². The van der Waals surface area contributed by atoms with E-state index < -0.39 is 12.0 Å². The standard InChI is InChI=1S/C22H24N2O4/c1-14(2)28-18-11-7-10-17(12-18)20-19(15(3)23-22(26)24-20)21(25)27-13-16-8-5-4-6-9-16/h4-12,14,20H,13H2,1-3H3,(H2,23,24,26). The Morgan fingerprint density at radius 2 is 1.86 bits per heavy atom. The highest BCUT2D eigenvalue weighted by atomic mass is 16.5. The third kappa shape index (κ3) is 4.71. The summed E-state index contributed by atoms with van der Waals surface area (Å²) in [5, 5.41) is 5.46. The average Bonchev–Trinajstić information content (AvgIpc) is 2.66. The molecule has 1 aliphatic rings. The number of amides is 2. The third-order valence-corrected chi connectivity index (χ3v) is 4.27. The highest BCUT2D eigenvalue weighted by Crippen LogP contribution is 2.30. The second kappa shape index (κ2) is 8.61. The molecule has 6 heteroatoms. The highest BCUT2D eigenvalue weighted by Gasteiger charge is 2.32. The topological polar surface area (TPSA) is 76.7 Å². The van der Waals surface area contributed by atoms with Gasteiger partial charge in [-0.15, -0.1) is 0 Å². The number of carbonyl (C=O) groups is 2. The Kier molecular flexibility index (Phi) is 5.99. The first-order chi connectivity index (χ1) is 13.4. The fourth-order valence-corrected chi connectivity index (χ4v) is 3.05. The minimum absolute atomic E-state index is 0.0189. The molecule has 0 radical (unpaired) electrons. The third-order valence-electron chi connectivity index (χ3n) is 4.27. The van der Waals surface area contributed by atoms with Gasteiger partial charge in [-0.2, -0.15) is 0 Å². The van der Waals surface area contributed by atoms with Crippen molar-refractivity contribution in [3.8, 4) is 5.75 Å². The number of allylic oxidation sites excluding steroid dienone is 1. The molecule has 1 atom stereocenters. The van der Waals surface area contributed by atoms with Gasteiger partial charge in [0.2, 0.25) is 0 Å². The molecule has 2 aromatic rings. The molecule has 0 saturated heterocycles. The van der Waals surface area contributed by atoms with Crippen molar-refractivity contribution >= 4 is 12.0 Å². The molecule has 0 fully saturated rings. The molecule has 2 amide bonds. The first kappa shape index (κ1) is 19.5. The Morgan fingerprint density at radius 3 is 2.57 bits per heavy atom. The molecule has 1 heterocycles. The summed E-state index contributed by atoms with van der Waals surface area (Å²) in [5.41, 5.74) is 2.49. The number of benzene rings is 2. The van der Waals surface area contributed by atoms with Gasteiger partial charge in [-0.25, -0.2) is 9.59 Å². The van der Waals surface area contributed by atoms with Crippen molar-refractivity contribution in [2.75, 3.05) is 0 Å². The van der Waals surface area contributed by atoms with Gasteiger partial charge in [-0.3, -0.25) is 0 Å². The molecule has 1 aliphatic heterocycles. The van der Waals surface area contributed by atoms with Gasteiger partial charge in [0.1, 0.15) is 12.4 Å². The number of ether oxygens (including phenoxy) is 2. The van der Waals surface area contributed by atoms with E-state index in [-0.39, 0.29) is 18.7 Å². The number of carbonyl (C=O) groups excluding carboxylic acids is 2. The van der Waals surface area contributed by atoms with Crippen molar-refractivity contribution in [2.45, 2.75) is 39.5 Å². The zero-order valence-electron chi connectivity index (χ0n) is 16.2. The molecule has 0 aliphatic carbocycles. The number of hydrogen-bond donors (Lipinski definition) is 2. The van der Waals surface area contributed by atoms with E-state index in [0.29, 0.717) is 17.0 Å². The van der Waals surface area contributed by atoms with Crippen molar-refractivity contribution in [3.63, 3.8) is 0 Å². The van der Waals surface area contributed by atoms with E-state index in [1.807, 2.05) is 68.4 Å². The molecule has 2 N–H and O–H groups in total. The van der Waals surface area contributed by atoms with Crippen LogP contribution in [0.25, 0.3) is 0 Å². The lowest BCUT2D eigenvalue weighted by molar-refractivity contribution is -0.140. The Hall–Kier alpha value is -3.28. The number of esters is 1. The monoisotopic (exact) mass is 380 g/mol. The lowest BCUT2D eigenvalue weighted by Crippen LogP contribution is -2.45. The molecule has 0 bridgehead atoms. The molecule has 6 nitrogen and oxygen atoms in total. The van der Waals surface area contributed by atoms with Gasteiger partial charge in [0.25, 0.3) is 0 Å². The fraction of sp³-hybridized carbons (Fsp3) is 0.273. The van der Waals surface area contributed by atoms with Crippen LogP contribution in [-0.4, -0.2) is 18.1 Å². The number of nitrogens with one attached hydrogen (secondary N) is 2. The fourth-order valence-electron chi connectivity index (χ4n) is 3.05. The van der Waals surface area contributed by atoms with Gasteiger partial charge in [-0.1, -0.05) is 42.5 Å². The van der Waals surface area contributed by atoms with Crippen LogP contribution in [-0.2, 0) is 16.1 Å². The molecule has 0 saturated carbocycles. The molecule has 0 spiro atoms. The van der Waals surface area contributed by atoms with Crippen LogP contribution in [0.15, 0.2) is 65.9 Å². The molecule has 1 unspecified atom stereocenters. The van der Waals surface area contributed by atoms with Crippen LogP contribution in [0, 0.1) is 0 Å². The smallest absolute Gasteiger partial charge is 0.338 e. The predicted octanol–water partition coefficient (Wildman–Crippen LogP) is 3.85. The van der Waals surface area contributed by atoms with Crippen LogP contribution in [0.4, 0.5) is 4.79 Å². The van der Waals surface area contributed by atoms with E-state index in [2.05, 4.69) is 10.6 Å². The highest BCUT2D eigenvalue weighted by molar-refractivity contribution is 5.95. The van der Waals surface area contributed by atoms with Gasteiger partial charge in [0.05, 0.1) is 17.7 Å². The van der Waals surface area contributed by atoms with Crippen molar-refractivity contribution in [2.24, 2.45) is 0 Å². The Balaban J connectivity index is 1.85. The Bertz CT molecular complexity index is 890. The second-order valence-electron chi connectivity index (χ2n) is 6.87. The van der Waals surface area contributed by atoms with Crippen molar-refractivity contribution in [1.29, 1.82) is 0 Å². The van der Waals surface area contributed by atoms with Gasteiger partial charge >= 0.3 is 12.0 Å². The normalized spacial score (nSPS) is 16.4. The molecular formula is C22H24N2O4. The maximum atomic E-state index is 12.8. The van der Waals surface area contributed by atoms with Crippen LogP contribution >= 0.6 is 0 Å². The number of rotatable bonds is 6. The van der Waals surface area contributed by atoms with Crippen LogP contribution in [0.3, 0.4) is 0 Å². The van der Waals surface area contributed by atoms with E-state index in [0.717, 1.165) is 11.1 Å². The van der Waals surface area contributed by atoms with E-state index in [1.54, 1.807) is 6.92 Å². The minimum atomic E-state index is -0.618. The molecule has 2 aromatic carbocycles. The zero-order valence-corrected chi connectivity index (χ0v) is 16.2. The largest absolute Gasteiger partial charge is 0.491 e. The summed E-state index contributed by atoms with van der Waals surface area (Å²) in [6, 6.07) is 15.8. The number of hydrogen-bond acceptors (Lipinski definition) is 4. The van der Waals surface area contributed by atoms with Crippen molar-refractivity contribution < 1.29 is 19.1 Å². The van der Waals surface area contributed by atoms with Gasteiger partial charge in [-0.05, 0) is 44.0 Å². The second-order valence-corrected chi connectivity index (χ2v) is 6.87. The van der Waals surface area contributed by atoms with Gasteiger partial charge in [0, 0.05) is 5.70 Å². The summed E-state index contributed by atoms with van der Waals surface area (Å²) < 4.78 is 11.2. The summed E-state index contributed by atoms with van der Waals surface area (Å²) in [7, 11) is 0. The van der Waals surface area contributed by atoms with E-state index in [9.17, 15) is 9.59 Å². The summed E-state index contributed by atoms with van der Waals surface area (Å²) in [5.74, 6) is 0.198. The van der Waals surface area contributed by atoms with Crippen LogP contribution < -0.4 is 15.4 Å². The molecule has 28 heavy (non-hydrogen) atoms. The summed E-state index contributed by atoms with van der Waals surface area (Å²) in [6.45, 7) is 5.73. The summed E-state index contributed by atoms with van der Waals surface area (Å²) >= 11 is 0. The zero-order chi connectivity index (χ0) is 20.1. The van der Waals surface area contributed by atoms with E-state index in [1.165, 1.54) is 0 Å². The first-order valence-electron chi connectivity index (χ1n) is 9.20. The average molecular weight is 380 g/mol. The van der Waals surface area contributed by atoms with E-state index >= 15 is 0 Å². The van der Waals surface area contributed by atoms with Crippen molar-refractivity contribution in [3.05, 3.63) is 77.0 Å². The predicted molar refractivity (Wildman–Crippen MR) is 106 cm³/mol. The summed E-state index contributed by atoms with van der Waals surface area (Å²) in [6.07, 6.45) is 0.0189. The van der Waals surface area contributed by atoms with E-state index in [4.69, 9.17) is 9.47 Å².